The largest absolute Gasteiger partial charge is 0.366 e. The van der Waals surface area contributed by atoms with Crippen LogP contribution in [0.1, 0.15) is 48.9 Å². The zero-order valence-electron chi connectivity index (χ0n) is 13.9. The summed E-state index contributed by atoms with van der Waals surface area (Å²) in [4.78, 5) is 23.3. The highest BCUT2D eigenvalue weighted by molar-refractivity contribution is 5.95. The van der Waals surface area contributed by atoms with Crippen LogP contribution < -0.4 is 16.4 Å². The van der Waals surface area contributed by atoms with E-state index in [0.717, 1.165) is 17.8 Å². The molecule has 1 aromatic carbocycles. The lowest BCUT2D eigenvalue weighted by atomic mass is 9.53. The van der Waals surface area contributed by atoms with Gasteiger partial charge < -0.3 is 16.4 Å². The number of nitrogens with two attached hydrogens (primary N) is 1. The van der Waals surface area contributed by atoms with Crippen LogP contribution in [0.25, 0.3) is 0 Å². The number of nitrogens with one attached hydrogen (secondary N) is 2. The van der Waals surface area contributed by atoms with Crippen molar-refractivity contribution in [2.45, 2.75) is 44.1 Å². The van der Waals surface area contributed by atoms with Crippen LogP contribution in [-0.2, 0) is 4.79 Å². The standard InChI is InChI=1S/C19H25N3O2/c20-18(24)15-1-3-16(4-2-15)22-17(23)11-21-19-8-12-5-13(9-19)7-14(6-12)10-19/h1-4,12-14,21H,5-11H2,(H2,20,24)(H,22,23). The summed E-state index contributed by atoms with van der Waals surface area (Å²) >= 11 is 0. The summed E-state index contributed by atoms with van der Waals surface area (Å²) < 4.78 is 0. The van der Waals surface area contributed by atoms with Crippen molar-refractivity contribution in [1.82, 2.24) is 5.32 Å². The molecule has 0 saturated heterocycles. The number of hydrogen-bond acceptors (Lipinski definition) is 3. The fourth-order valence-corrected chi connectivity index (χ4v) is 5.52. The average molecular weight is 327 g/mol. The van der Waals surface area contributed by atoms with Crippen LogP contribution in [0.5, 0.6) is 0 Å². The predicted molar refractivity (Wildman–Crippen MR) is 92.5 cm³/mol. The van der Waals surface area contributed by atoms with E-state index in [4.69, 9.17) is 5.73 Å². The van der Waals surface area contributed by atoms with Gasteiger partial charge in [0.05, 0.1) is 6.54 Å². The third kappa shape index (κ3) is 3.05. The molecule has 128 valence electrons. The molecular formula is C19H25N3O2. The van der Waals surface area contributed by atoms with Crippen LogP contribution in [0.3, 0.4) is 0 Å². The molecule has 4 bridgehead atoms. The molecule has 4 N–H and O–H groups in total. The molecule has 0 aromatic heterocycles. The molecule has 4 fully saturated rings. The first kappa shape index (κ1) is 15.6. The van der Waals surface area contributed by atoms with Crippen molar-refractivity contribution in [3.63, 3.8) is 0 Å². The molecule has 0 atom stereocenters. The fraction of sp³-hybridized carbons (Fsp3) is 0.579. The normalized spacial score (nSPS) is 33.4. The van der Waals surface area contributed by atoms with Gasteiger partial charge in [0.15, 0.2) is 0 Å². The molecule has 0 spiro atoms. The number of rotatable bonds is 5. The number of carbonyl (C=O) groups is 2. The highest BCUT2D eigenvalue weighted by Gasteiger charge is 2.50. The molecule has 4 aliphatic rings. The maximum absolute atomic E-state index is 12.3. The van der Waals surface area contributed by atoms with Gasteiger partial charge in [0, 0.05) is 16.8 Å². The molecule has 5 rings (SSSR count). The zero-order chi connectivity index (χ0) is 16.7. The van der Waals surface area contributed by atoms with E-state index in [0.29, 0.717) is 17.8 Å². The van der Waals surface area contributed by atoms with Gasteiger partial charge in [-0.25, -0.2) is 0 Å². The Morgan fingerprint density at radius 2 is 1.54 bits per heavy atom. The average Bonchev–Trinajstić information content (AvgIpc) is 2.52. The van der Waals surface area contributed by atoms with Crippen molar-refractivity contribution >= 4 is 17.5 Å². The second-order valence-electron chi connectivity index (χ2n) is 8.04. The highest BCUT2D eigenvalue weighted by Crippen LogP contribution is 2.55. The molecule has 1 aromatic rings. The Labute approximate surface area is 142 Å². The molecule has 4 saturated carbocycles. The number of primary amides is 1. The molecule has 0 radical (unpaired) electrons. The van der Waals surface area contributed by atoms with Crippen molar-refractivity contribution < 1.29 is 9.59 Å². The van der Waals surface area contributed by atoms with E-state index in [1.807, 2.05) is 0 Å². The Balaban J connectivity index is 1.33. The number of anilines is 1. The first-order valence-corrected chi connectivity index (χ1v) is 8.96. The van der Waals surface area contributed by atoms with Gasteiger partial charge in [-0.1, -0.05) is 0 Å². The van der Waals surface area contributed by atoms with Crippen LogP contribution in [-0.4, -0.2) is 23.9 Å². The predicted octanol–water partition coefficient (Wildman–Crippen LogP) is 2.28. The summed E-state index contributed by atoms with van der Waals surface area (Å²) in [7, 11) is 0. The smallest absolute Gasteiger partial charge is 0.248 e. The highest BCUT2D eigenvalue weighted by atomic mass is 16.2. The van der Waals surface area contributed by atoms with Crippen molar-refractivity contribution in [1.29, 1.82) is 0 Å². The van der Waals surface area contributed by atoms with Gasteiger partial charge in [-0.05, 0) is 80.5 Å². The second kappa shape index (κ2) is 5.88. The van der Waals surface area contributed by atoms with E-state index in [1.165, 1.54) is 38.5 Å². The Morgan fingerprint density at radius 1 is 1.00 bits per heavy atom. The number of amides is 2. The molecule has 2 amide bonds. The van der Waals surface area contributed by atoms with E-state index in [-0.39, 0.29) is 11.4 Å². The summed E-state index contributed by atoms with van der Waals surface area (Å²) in [6, 6.07) is 6.68. The lowest BCUT2D eigenvalue weighted by molar-refractivity contribution is -0.116. The number of carbonyl (C=O) groups excluding carboxylic acids is 2. The lowest BCUT2D eigenvalue weighted by Gasteiger charge is -2.57. The Kier molecular flexibility index (Phi) is 3.83. The summed E-state index contributed by atoms with van der Waals surface area (Å²) in [5, 5.41) is 6.48. The van der Waals surface area contributed by atoms with Gasteiger partial charge in [-0.3, -0.25) is 9.59 Å². The van der Waals surface area contributed by atoms with Gasteiger partial charge in [0.25, 0.3) is 0 Å². The molecule has 0 unspecified atom stereocenters. The second-order valence-corrected chi connectivity index (χ2v) is 8.04. The van der Waals surface area contributed by atoms with Gasteiger partial charge in [-0.2, -0.15) is 0 Å². The Bertz CT molecular complexity index is 618. The molecule has 24 heavy (non-hydrogen) atoms. The van der Waals surface area contributed by atoms with Gasteiger partial charge in [0.1, 0.15) is 0 Å². The van der Waals surface area contributed by atoms with E-state index in [9.17, 15) is 9.59 Å². The molecular weight excluding hydrogens is 302 g/mol. The third-order valence-corrected chi connectivity index (χ3v) is 6.12. The van der Waals surface area contributed by atoms with E-state index in [1.54, 1.807) is 24.3 Å². The Hall–Kier alpha value is -1.88. The van der Waals surface area contributed by atoms with Crippen molar-refractivity contribution in [2.24, 2.45) is 23.5 Å². The van der Waals surface area contributed by atoms with Gasteiger partial charge >= 0.3 is 0 Å². The zero-order valence-corrected chi connectivity index (χ0v) is 13.9. The van der Waals surface area contributed by atoms with E-state index >= 15 is 0 Å². The summed E-state index contributed by atoms with van der Waals surface area (Å²) in [6.07, 6.45) is 7.91. The molecule has 4 aliphatic carbocycles. The number of hydrogen-bond donors (Lipinski definition) is 3. The topological polar surface area (TPSA) is 84.2 Å². The quantitative estimate of drug-likeness (QED) is 0.776. The van der Waals surface area contributed by atoms with Crippen molar-refractivity contribution in [2.75, 3.05) is 11.9 Å². The van der Waals surface area contributed by atoms with Crippen molar-refractivity contribution in [3.8, 4) is 0 Å². The fourth-order valence-electron chi connectivity index (χ4n) is 5.52. The molecule has 0 heterocycles. The van der Waals surface area contributed by atoms with Crippen LogP contribution in [0, 0.1) is 17.8 Å². The van der Waals surface area contributed by atoms with Crippen LogP contribution >= 0.6 is 0 Å². The van der Waals surface area contributed by atoms with Gasteiger partial charge in [0.2, 0.25) is 11.8 Å². The summed E-state index contributed by atoms with van der Waals surface area (Å²) in [5.41, 5.74) is 6.55. The lowest BCUT2D eigenvalue weighted by Crippen LogP contribution is -2.59. The van der Waals surface area contributed by atoms with E-state index < -0.39 is 5.91 Å². The Morgan fingerprint density at radius 3 is 2.04 bits per heavy atom. The number of benzene rings is 1. The van der Waals surface area contributed by atoms with Crippen LogP contribution in [0.2, 0.25) is 0 Å². The monoisotopic (exact) mass is 327 g/mol. The van der Waals surface area contributed by atoms with Crippen LogP contribution in [0.4, 0.5) is 5.69 Å². The molecule has 0 aliphatic heterocycles. The van der Waals surface area contributed by atoms with Crippen molar-refractivity contribution in [3.05, 3.63) is 29.8 Å². The molecule has 5 nitrogen and oxygen atoms in total. The van der Waals surface area contributed by atoms with Crippen LogP contribution in [0.15, 0.2) is 24.3 Å². The maximum Gasteiger partial charge on any atom is 0.248 e. The minimum absolute atomic E-state index is 0.0300. The SMILES string of the molecule is NC(=O)c1ccc(NC(=O)CNC23CC4CC(CC(C4)C2)C3)cc1. The maximum atomic E-state index is 12.3. The minimum atomic E-state index is -0.462. The van der Waals surface area contributed by atoms with E-state index in [2.05, 4.69) is 10.6 Å². The summed E-state index contributed by atoms with van der Waals surface area (Å²) in [5.74, 6) is 2.11. The minimum Gasteiger partial charge on any atom is -0.366 e. The first-order chi connectivity index (χ1) is 11.5. The molecule has 5 heteroatoms. The third-order valence-electron chi connectivity index (χ3n) is 6.12. The first-order valence-electron chi connectivity index (χ1n) is 8.96. The van der Waals surface area contributed by atoms with Gasteiger partial charge in [-0.15, -0.1) is 0 Å². The summed E-state index contributed by atoms with van der Waals surface area (Å²) in [6.45, 7) is 0.351.